The van der Waals surface area contributed by atoms with Crippen LogP contribution in [0.15, 0.2) is 0 Å². The van der Waals surface area contributed by atoms with Gasteiger partial charge in [0, 0.05) is 12.6 Å². The Balaban J connectivity index is 2.31. The first-order valence-corrected chi connectivity index (χ1v) is 8.19. The fourth-order valence-corrected chi connectivity index (χ4v) is 3.87. The summed E-state index contributed by atoms with van der Waals surface area (Å²) in [6.45, 7) is 9.97. The minimum Gasteiger partial charge on any atom is -0.340 e. The molecule has 0 aliphatic carbocycles. The van der Waals surface area contributed by atoms with Crippen molar-refractivity contribution in [3.8, 4) is 0 Å². The van der Waals surface area contributed by atoms with Crippen LogP contribution in [-0.2, 0) is 9.59 Å². The summed E-state index contributed by atoms with van der Waals surface area (Å²) in [6.07, 6.45) is 2.25. The normalized spacial score (nSPS) is 34.0. The molecule has 2 rings (SSSR count). The van der Waals surface area contributed by atoms with Gasteiger partial charge in [0.05, 0.1) is 0 Å². The van der Waals surface area contributed by atoms with E-state index in [-0.39, 0.29) is 23.9 Å². The van der Waals surface area contributed by atoms with Crippen molar-refractivity contribution in [3.63, 3.8) is 0 Å². The third-order valence-corrected chi connectivity index (χ3v) is 5.43. The lowest BCUT2D eigenvalue weighted by molar-refractivity contribution is -0.160. The molecule has 0 aromatic rings. The van der Waals surface area contributed by atoms with E-state index in [0.29, 0.717) is 18.8 Å². The summed E-state index contributed by atoms with van der Waals surface area (Å²) in [5, 5.41) is 2.98. The first-order valence-electron chi connectivity index (χ1n) is 8.19. The minimum absolute atomic E-state index is 0.00979. The molecule has 5 nitrogen and oxygen atoms in total. The van der Waals surface area contributed by atoms with E-state index in [1.165, 1.54) is 0 Å². The molecule has 2 aliphatic heterocycles. The number of hydrogen-bond acceptors (Lipinski definition) is 3. The molecule has 0 radical (unpaired) electrons. The number of amides is 2. The van der Waals surface area contributed by atoms with Gasteiger partial charge in [-0.2, -0.15) is 0 Å². The van der Waals surface area contributed by atoms with Gasteiger partial charge in [0.25, 0.3) is 0 Å². The fraction of sp³-hybridized carbons (Fsp3) is 0.875. The Kier molecular flexibility index (Phi) is 4.61. The largest absolute Gasteiger partial charge is 0.340 e. The molecule has 120 valence electrons. The van der Waals surface area contributed by atoms with Crippen LogP contribution in [0.25, 0.3) is 0 Å². The predicted octanol–water partition coefficient (Wildman–Crippen LogP) is 1.23. The third kappa shape index (κ3) is 2.68. The number of carbonyl (C=O) groups excluding carboxylic acids is 2. The van der Waals surface area contributed by atoms with Gasteiger partial charge in [0.1, 0.15) is 11.6 Å². The van der Waals surface area contributed by atoms with Crippen LogP contribution in [0.3, 0.4) is 0 Å². The van der Waals surface area contributed by atoms with E-state index < -0.39 is 5.54 Å². The Morgan fingerprint density at radius 3 is 2.38 bits per heavy atom. The smallest absolute Gasteiger partial charge is 0.249 e. The van der Waals surface area contributed by atoms with E-state index in [9.17, 15) is 9.59 Å². The van der Waals surface area contributed by atoms with Gasteiger partial charge in [0.2, 0.25) is 11.8 Å². The molecule has 2 amide bonds. The van der Waals surface area contributed by atoms with E-state index in [4.69, 9.17) is 0 Å². The lowest BCUT2D eigenvalue weighted by Crippen LogP contribution is -2.72. The topological polar surface area (TPSA) is 52.7 Å². The van der Waals surface area contributed by atoms with Crippen LogP contribution < -0.4 is 5.32 Å². The highest BCUT2D eigenvalue weighted by atomic mass is 16.2. The van der Waals surface area contributed by atoms with Gasteiger partial charge in [-0.05, 0) is 45.7 Å². The first-order chi connectivity index (χ1) is 9.86. The molecule has 0 bridgehead atoms. The Labute approximate surface area is 128 Å². The number of piperidine rings is 1. The molecule has 2 saturated heterocycles. The van der Waals surface area contributed by atoms with E-state index in [0.717, 1.165) is 19.5 Å². The van der Waals surface area contributed by atoms with Gasteiger partial charge in [-0.3, -0.25) is 9.59 Å². The van der Waals surface area contributed by atoms with Crippen LogP contribution in [0, 0.1) is 5.92 Å². The third-order valence-electron chi connectivity index (χ3n) is 5.43. The summed E-state index contributed by atoms with van der Waals surface area (Å²) in [5.41, 5.74) is -0.702. The van der Waals surface area contributed by atoms with E-state index in [2.05, 4.69) is 24.2 Å². The summed E-state index contributed by atoms with van der Waals surface area (Å²) < 4.78 is 0. The van der Waals surface area contributed by atoms with E-state index in [1.54, 1.807) is 0 Å². The highest BCUT2D eigenvalue weighted by Crippen LogP contribution is 2.31. The Morgan fingerprint density at radius 2 is 1.86 bits per heavy atom. The summed E-state index contributed by atoms with van der Waals surface area (Å²) >= 11 is 0. The quantitative estimate of drug-likeness (QED) is 0.852. The van der Waals surface area contributed by atoms with Gasteiger partial charge in [-0.25, -0.2) is 0 Å². The number of hydrogen-bond donors (Lipinski definition) is 1. The van der Waals surface area contributed by atoms with Crippen LogP contribution in [-0.4, -0.2) is 59.4 Å². The molecule has 0 spiro atoms. The summed E-state index contributed by atoms with van der Waals surface area (Å²) in [4.78, 5) is 29.7. The zero-order valence-corrected chi connectivity index (χ0v) is 14.0. The molecular weight excluding hydrogens is 266 g/mol. The van der Waals surface area contributed by atoms with Crippen LogP contribution in [0.4, 0.5) is 0 Å². The van der Waals surface area contributed by atoms with Crippen molar-refractivity contribution in [3.05, 3.63) is 0 Å². The van der Waals surface area contributed by atoms with Crippen molar-refractivity contribution in [1.82, 2.24) is 15.1 Å². The van der Waals surface area contributed by atoms with Crippen LogP contribution in [0.5, 0.6) is 0 Å². The highest BCUT2D eigenvalue weighted by molar-refractivity contribution is 5.99. The van der Waals surface area contributed by atoms with Gasteiger partial charge in [-0.15, -0.1) is 0 Å². The Bertz CT molecular complexity index is 420. The molecule has 3 unspecified atom stereocenters. The number of rotatable bonds is 3. The van der Waals surface area contributed by atoms with Gasteiger partial charge in [0.15, 0.2) is 0 Å². The number of nitrogens with zero attached hydrogens (tertiary/aromatic N) is 2. The zero-order chi connectivity index (χ0) is 15.8. The predicted molar refractivity (Wildman–Crippen MR) is 82.8 cm³/mol. The zero-order valence-electron chi connectivity index (χ0n) is 14.0. The molecular formula is C16H29N3O2. The summed E-state index contributed by atoms with van der Waals surface area (Å²) in [7, 11) is 2.11. The molecule has 21 heavy (non-hydrogen) atoms. The summed E-state index contributed by atoms with van der Waals surface area (Å²) in [6, 6.07) is -0.188. The SMILES string of the molecule is CCC1(CC)NC(=O)C(C)N(C2CCN(C)CC2C)C1=O. The number of carbonyl (C=O) groups is 2. The van der Waals surface area contributed by atoms with E-state index in [1.807, 2.05) is 25.7 Å². The standard InChI is InChI=1S/C16H29N3O2/c1-6-16(7-2)15(21)19(12(4)14(20)17-16)13-8-9-18(5)10-11(13)3/h11-13H,6-10H2,1-5H3,(H,17,20). The Hall–Kier alpha value is -1.10. The second-order valence-electron chi connectivity index (χ2n) is 6.76. The maximum Gasteiger partial charge on any atom is 0.249 e. The highest BCUT2D eigenvalue weighted by Gasteiger charge is 2.50. The average Bonchev–Trinajstić information content (AvgIpc) is 2.45. The molecule has 2 fully saturated rings. The molecule has 3 atom stereocenters. The van der Waals surface area contributed by atoms with Gasteiger partial charge >= 0.3 is 0 Å². The summed E-state index contributed by atoms with van der Waals surface area (Å²) in [5.74, 6) is 0.498. The maximum absolute atomic E-state index is 13.1. The van der Waals surface area contributed by atoms with Crippen molar-refractivity contribution in [1.29, 1.82) is 0 Å². The van der Waals surface area contributed by atoms with Gasteiger partial charge < -0.3 is 15.1 Å². The molecule has 2 heterocycles. The van der Waals surface area contributed by atoms with Crippen molar-refractivity contribution in [2.24, 2.45) is 5.92 Å². The lowest BCUT2D eigenvalue weighted by Gasteiger charge is -2.51. The molecule has 0 aromatic carbocycles. The minimum atomic E-state index is -0.702. The molecule has 1 N–H and O–H groups in total. The molecule has 0 aromatic heterocycles. The van der Waals surface area contributed by atoms with Crippen molar-refractivity contribution < 1.29 is 9.59 Å². The monoisotopic (exact) mass is 295 g/mol. The van der Waals surface area contributed by atoms with Gasteiger partial charge in [-0.1, -0.05) is 20.8 Å². The second kappa shape index (κ2) is 5.95. The van der Waals surface area contributed by atoms with Crippen LogP contribution in [0.2, 0.25) is 0 Å². The van der Waals surface area contributed by atoms with Crippen molar-refractivity contribution >= 4 is 11.8 Å². The first kappa shape index (κ1) is 16.3. The van der Waals surface area contributed by atoms with Crippen molar-refractivity contribution in [2.45, 2.75) is 64.6 Å². The second-order valence-corrected chi connectivity index (χ2v) is 6.76. The average molecular weight is 295 g/mol. The van der Waals surface area contributed by atoms with Crippen LogP contribution >= 0.6 is 0 Å². The van der Waals surface area contributed by atoms with E-state index >= 15 is 0 Å². The Morgan fingerprint density at radius 1 is 1.24 bits per heavy atom. The number of piperazine rings is 1. The molecule has 5 heteroatoms. The van der Waals surface area contributed by atoms with Crippen LogP contribution in [0.1, 0.15) is 47.0 Å². The molecule has 2 aliphatic rings. The fourth-order valence-electron chi connectivity index (χ4n) is 3.87. The number of nitrogens with one attached hydrogen (secondary N) is 1. The maximum atomic E-state index is 13.1. The van der Waals surface area contributed by atoms with Crippen molar-refractivity contribution in [2.75, 3.05) is 20.1 Å². The lowest BCUT2D eigenvalue weighted by atomic mass is 9.83. The molecule has 0 saturated carbocycles. The number of likely N-dealkylation sites (tertiary alicyclic amines) is 1.